The molecule has 0 fully saturated rings. The number of aliphatic imine (C=N–C) groups is 1. The second-order valence-electron chi connectivity index (χ2n) is 4.77. The second-order valence-corrected chi connectivity index (χ2v) is 4.77. The third kappa shape index (κ3) is 6.52. The van der Waals surface area contributed by atoms with Crippen LogP contribution in [0, 0.1) is 11.6 Å². The van der Waals surface area contributed by atoms with Gasteiger partial charge in [-0.1, -0.05) is 30.3 Å². The van der Waals surface area contributed by atoms with Gasteiger partial charge in [0, 0.05) is 18.7 Å². The van der Waals surface area contributed by atoms with E-state index < -0.39 is 11.6 Å². The maximum absolute atomic E-state index is 13.6. The van der Waals surface area contributed by atoms with Crippen molar-refractivity contribution in [3.63, 3.8) is 0 Å². The molecule has 0 unspecified atom stereocenters. The molecule has 0 aliphatic carbocycles. The largest absolute Gasteiger partial charge is 0.357 e. The number of hydrogen-bond donors (Lipinski definition) is 2. The molecule has 2 aromatic rings. The summed E-state index contributed by atoms with van der Waals surface area (Å²) in [5.41, 5.74) is 1.35. The van der Waals surface area contributed by atoms with Gasteiger partial charge in [0.25, 0.3) is 0 Å². The van der Waals surface area contributed by atoms with E-state index >= 15 is 0 Å². The van der Waals surface area contributed by atoms with Crippen molar-refractivity contribution in [3.8, 4) is 0 Å². The zero-order valence-corrected chi connectivity index (χ0v) is 15.2. The molecule has 0 spiro atoms. The first-order valence-electron chi connectivity index (χ1n) is 7.19. The fourth-order valence-electron chi connectivity index (χ4n) is 1.95. The summed E-state index contributed by atoms with van der Waals surface area (Å²) in [6.45, 7) is 3.32. The Bertz CT molecular complexity index is 633. The lowest BCUT2D eigenvalue weighted by Gasteiger charge is -2.12. The van der Waals surface area contributed by atoms with Gasteiger partial charge in [0.15, 0.2) is 5.96 Å². The molecule has 0 aliphatic heterocycles. The molecule has 0 bridgehead atoms. The number of nitrogens with one attached hydrogen (secondary N) is 2. The Labute approximate surface area is 152 Å². The Morgan fingerprint density at radius 2 is 1.78 bits per heavy atom. The second kappa shape index (κ2) is 10.1. The number of guanidine groups is 1. The Morgan fingerprint density at radius 1 is 1.04 bits per heavy atom. The fourth-order valence-corrected chi connectivity index (χ4v) is 1.95. The highest BCUT2D eigenvalue weighted by Gasteiger charge is 2.05. The van der Waals surface area contributed by atoms with Gasteiger partial charge < -0.3 is 10.6 Å². The molecule has 0 aromatic heterocycles. The standard InChI is InChI=1S/C17H19F2N3.HI/c1-2-20-17(21-11-13-6-4-3-5-7-13)22-12-14-10-15(18)8-9-16(14)19;/h3-10H,2,11-12H2,1H3,(H2,20,21,22);1H. The first kappa shape index (κ1) is 19.3. The molecule has 2 rings (SSSR count). The minimum absolute atomic E-state index is 0. The van der Waals surface area contributed by atoms with E-state index in [4.69, 9.17) is 0 Å². The highest BCUT2D eigenvalue weighted by atomic mass is 127. The lowest BCUT2D eigenvalue weighted by Crippen LogP contribution is -2.37. The van der Waals surface area contributed by atoms with E-state index in [9.17, 15) is 8.78 Å². The summed E-state index contributed by atoms with van der Waals surface area (Å²) in [5.74, 6) is -0.327. The normalized spacial score (nSPS) is 10.8. The van der Waals surface area contributed by atoms with E-state index in [1.807, 2.05) is 37.3 Å². The van der Waals surface area contributed by atoms with Crippen LogP contribution in [-0.4, -0.2) is 12.5 Å². The molecule has 3 nitrogen and oxygen atoms in total. The van der Waals surface area contributed by atoms with Crippen LogP contribution in [0.2, 0.25) is 0 Å². The number of rotatable bonds is 5. The van der Waals surface area contributed by atoms with Gasteiger partial charge in [0.1, 0.15) is 11.6 Å². The van der Waals surface area contributed by atoms with Gasteiger partial charge in [-0.25, -0.2) is 13.8 Å². The van der Waals surface area contributed by atoms with Gasteiger partial charge in [-0.15, -0.1) is 24.0 Å². The Hall–Kier alpha value is -1.70. The van der Waals surface area contributed by atoms with Gasteiger partial charge in [0.05, 0.1) is 6.54 Å². The summed E-state index contributed by atoms with van der Waals surface area (Å²) in [6, 6.07) is 13.2. The van der Waals surface area contributed by atoms with Crippen molar-refractivity contribution < 1.29 is 8.78 Å². The SMILES string of the molecule is CCNC(=NCc1ccccc1)NCc1cc(F)ccc1F.I. The molecule has 2 N–H and O–H groups in total. The molecule has 23 heavy (non-hydrogen) atoms. The monoisotopic (exact) mass is 431 g/mol. The highest BCUT2D eigenvalue weighted by molar-refractivity contribution is 14.0. The molecular weight excluding hydrogens is 411 g/mol. The van der Waals surface area contributed by atoms with E-state index in [1.165, 1.54) is 6.07 Å². The quantitative estimate of drug-likeness (QED) is 0.429. The summed E-state index contributed by atoms with van der Waals surface area (Å²) in [4.78, 5) is 4.43. The number of hydrogen-bond acceptors (Lipinski definition) is 1. The number of nitrogens with zero attached hydrogens (tertiary/aromatic N) is 1. The van der Waals surface area contributed by atoms with Crippen LogP contribution in [0.1, 0.15) is 18.1 Å². The molecule has 0 amide bonds. The van der Waals surface area contributed by atoms with Crippen molar-refractivity contribution in [2.45, 2.75) is 20.0 Å². The Kier molecular flexibility index (Phi) is 8.53. The lowest BCUT2D eigenvalue weighted by atomic mass is 10.2. The first-order chi connectivity index (χ1) is 10.7. The van der Waals surface area contributed by atoms with Crippen molar-refractivity contribution in [3.05, 3.63) is 71.3 Å². The maximum Gasteiger partial charge on any atom is 0.191 e. The zero-order valence-electron chi connectivity index (χ0n) is 12.9. The molecule has 124 valence electrons. The zero-order chi connectivity index (χ0) is 15.8. The van der Waals surface area contributed by atoms with E-state index in [-0.39, 0.29) is 36.1 Å². The minimum atomic E-state index is -0.454. The van der Waals surface area contributed by atoms with Crippen LogP contribution < -0.4 is 10.6 Å². The molecule has 0 atom stereocenters. The summed E-state index contributed by atoms with van der Waals surface area (Å²) in [6.07, 6.45) is 0. The third-order valence-electron chi connectivity index (χ3n) is 3.06. The van der Waals surface area contributed by atoms with Crippen LogP contribution in [0.25, 0.3) is 0 Å². The summed E-state index contributed by atoms with van der Waals surface area (Å²) < 4.78 is 26.7. The van der Waals surface area contributed by atoms with Gasteiger partial charge >= 0.3 is 0 Å². The van der Waals surface area contributed by atoms with Crippen LogP contribution >= 0.6 is 24.0 Å². The van der Waals surface area contributed by atoms with Crippen LogP contribution in [0.4, 0.5) is 8.78 Å². The summed E-state index contributed by atoms with van der Waals surface area (Å²) in [7, 11) is 0. The van der Waals surface area contributed by atoms with Crippen molar-refractivity contribution in [1.82, 2.24) is 10.6 Å². The predicted molar refractivity (Wildman–Crippen MR) is 99.9 cm³/mol. The molecule has 0 saturated heterocycles. The molecule has 0 heterocycles. The number of halogens is 3. The molecular formula is C17H20F2IN3. The number of benzene rings is 2. The van der Waals surface area contributed by atoms with Gasteiger partial charge in [0.2, 0.25) is 0 Å². The molecule has 2 aromatic carbocycles. The van der Waals surface area contributed by atoms with Crippen LogP contribution in [0.5, 0.6) is 0 Å². The van der Waals surface area contributed by atoms with Crippen molar-refractivity contribution in [2.24, 2.45) is 4.99 Å². The van der Waals surface area contributed by atoms with Crippen LogP contribution in [0.15, 0.2) is 53.5 Å². The van der Waals surface area contributed by atoms with E-state index in [1.54, 1.807) is 0 Å². The Morgan fingerprint density at radius 3 is 2.48 bits per heavy atom. The van der Waals surface area contributed by atoms with Crippen molar-refractivity contribution >= 4 is 29.9 Å². The van der Waals surface area contributed by atoms with Gasteiger partial charge in [-0.05, 0) is 30.7 Å². The lowest BCUT2D eigenvalue weighted by molar-refractivity contribution is 0.581. The van der Waals surface area contributed by atoms with E-state index in [2.05, 4.69) is 15.6 Å². The fraction of sp³-hybridized carbons (Fsp3) is 0.235. The van der Waals surface area contributed by atoms with Gasteiger partial charge in [-0.3, -0.25) is 0 Å². The highest BCUT2D eigenvalue weighted by Crippen LogP contribution is 2.09. The third-order valence-corrected chi connectivity index (χ3v) is 3.06. The molecule has 0 saturated carbocycles. The molecule has 0 radical (unpaired) electrons. The summed E-state index contributed by atoms with van der Waals surface area (Å²) >= 11 is 0. The molecule has 0 aliphatic rings. The Balaban J connectivity index is 0.00000264. The average Bonchev–Trinajstić information content (AvgIpc) is 2.54. The van der Waals surface area contributed by atoms with Gasteiger partial charge in [-0.2, -0.15) is 0 Å². The van der Waals surface area contributed by atoms with Crippen LogP contribution in [-0.2, 0) is 13.1 Å². The topological polar surface area (TPSA) is 36.4 Å². The molecule has 6 heteroatoms. The van der Waals surface area contributed by atoms with Crippen molar-refractivity contribution in [1.29, 1.82) is 0 Å². The maximum atomic E-state index is 13.6. The smallest absolute Gasteiger partial charge is 0.191 e. The van der Waals surface area contributed by atoms with Crippen molar-refractivity contribution in [2.75, 3.05) is 6.54 Å². The van der Waals surface area contributed by atoms with Crippen LogP contribution in [0.3, 0.4) is 0 Å². The average molecular weight is 431 g/mol. The predicted octanol–water partition coefficient (Wildman–Crippen LogP) is 3.84. The van der Waals surface area contributed by atoms with E-state index in [0.717, 1.165) is 17.7 Å². The first-order valence-corrected chi connectivity index (χ1v) is 7.19. The minimum Gasteiger partial charge on any atom is -0.357 e. The summed E-state index contributed by atoms with van der Waals surface area (Å²) in [5, 5.41) is 6.09. The van der Waals surface area contributed by atoms with E-state index in [0.29, 0.717) is 19.0 Å².